The molecule has 0 aromatic carbocycles. The van der Waals surface area contributed by atoms with Crippen LogP contribution in [0.1, 0.15) is 80.8 Å². The number of rotatable bonds is 8. The first-order valence-corrected chi connectivity index (χ1v) is 12.2. The highest BCUT2D eigenvalue weighted by Gasteiger charge is 2.24. The molecule has 0 bridgehead atoms. The van der Waals surface area contributed by atoms with Gasteiger partial charge in [0.15, 0.2) is 0 Å². The zero-order valence-electron chi connectivity index (χ0n) is 20.7. The van der Waals surface area contributed by atoms with Crippen LogP contribution in [0.25, 0.3) is 0 Å². The molecule has 3 heterocycles. The molecule has 0 unspecified atom stereocenters. The number of esters is 1. The number of carbonyl (C=O) groups is 1. The minimum Gasteiger partial charge on any atom is -0.460 e. The molecule has 4 rings (SSSR count). The molecule has 1 aliphatic carbocycles. The van der Waals surface area contributed by atoms with Crippen molar-refractivity contribution in [3.63, 3.8) is 0 Å². The van der Waals surface area contributed by atoms with Crippen LogP contribution < -0.4 is 0 Å². The summed E-state index contributed by atoms with van der Waals surface area (Å²) in [5, 5.41) is 4.82. The Morgan fingerprint density at radius 1 is 1.21 bits per heavy atom. The van der Waals surface area contributed by atoms with Crippen LogP contribution in [0.3, 0.4) is 0 Å². The summed E-state index contributed by atoms with van der Waals surface area (Å²) in [5.74, 6) is 1.12. The average Bonchev–Trinajstić information content (AvgIpc) is 3.25. The van der Waals surface area contributed by atoms with Gasteiger partial charge in [-0.1, -0.05) is 6.07 Å². The number of carbonyl (C=O) groups excluding carboxylic acids is 1. The Morgan fingerprint density at radius 2 is 2.00 bits per heavy atom. The van der Waals surface area contributed by atoms with E-state index in [0.29, 0.717) is 11.7 Å². The molecular weight excluding hydrogens is 426 g/mol. The third-order valence-electron chi connectivity index (χ3n) is 6.28. The van der Waals surface area contributed by atoms with Gasteiger partial charge >= 0.3 is 5.97 Å². The predicted octanol–water partition coefficient (Wildman–Crippen LogP) is 4.83. The van der Waals surface area contributed by atoms with E-state index in [2.05, 4.69) is 27.1 Å². The maximum absolute atomic E-state index is 12.6. The predicted molar refractivity (Wildman–Crippen MR) is 130 cm³/mol. The van der Waals surface area contributed by atoms with E-state index in [1.807, 2.05) is 50.8 Å². The fourth-order valence-electron chi connectivity index (χ4n) is 4.60. The van der Waals surface area contributed by atoms with Gasteiger partial charge in [0.2, 0.25) is 0 Å². The van der Waals surface area contributed by atoms with E-state index >= 15 is 0 Å². The lowest BCUT2D eigenvalue weighted by Crippen LogP contribution is -2.26. The minimum absolute atomic E-state index is 0.180. The molecule has 0 fully saturated rings. The van der Waals surface area contributed by atoms with E-state index in [4.69, 9.17) is 9.84 Å². The van der Waals surface area contributed by atoms with Gasteiger partial charge in [0.1, 0.15) is 11.4 Å². The van der Waals surface area contributed by atoms with Crippen LogP contribution in [0.4, 0.5) is 0 Å². The average molecular weight is 462 g/mol. The second kappa shape index (κ2) is 10.5. The number of fused-ring (bicyclic) bond motifs is 1. The Labute approximate surface area is 202 Å². The number of pyridine rings is 1. The monoisotopic (exact) mass is 461 g/mol. The smallest absolute Gasteiger partial charge is 0.308 e. The first-order chi connectivity index (χ1) is 16.3. The highest BCUT2D eigenvalue weighted by atomic mass is 16.6. The molecule has 34 heavy (non-hydrogen) atoms. The summed E-state index contributed by atoms with van der Waals surface area (Å²) in [4.78, 5) is 25.8. The van der Waals surface area contributed by atoms with Gasteiger partial charge in [0.25, 0.3) is 0 Å². The molecule has 2 atom stereocenters. The molecule has 0 radical (unpaired) electrons. The molecule has 7 heteroatoms. The van der Waals surface area contributed by atoms with Crippen LogP contribution in [-0.4, -0.2) is 36.3 Å². The van der Waals surface area contributed by atoms with E-state index in [9.17, 15) is 4.79 Å². The number of aryl methyl sites for hydroxylation is 3. The Morgan fingerprint density at radius 3 is 2.76 bits per heavy atom. The van der Waals surface area contributed by atoms with Crippen LogP contribution in [0.2, 0.25) is 0 Å². The van der Waals surface area contributed by atoms with Gasteiger partial charge in [-0.05, 0) is 89.8 Å². The van der Waals surface area contributed by atoms with E-state index in [1.54, 1.807) is 12.4 Å². The van der Waals surface area contributed by atoms with Crippen molar-refractivity contribution in [3.8, 4) is 0 Å². The third-order valence-corrected chi connectivity index (χ3v) is 6.28. The largest absolute Gasteiger partial charge is 0.460 e. The number of nitrogens with zero attached hydrogens (tertiary/aromatic N) is 5. The molecule has 0 aliphatic heterocycles. The SMILES string of the molecule is Cc1ncc([C@@H](CC(=O)OC(C)(C)C)n2ccc(CCC[C@H]3CCc4cccnc4C3)n2)cn1. The first kappa shape index (κ1) is 24.0. The molecule has 1 aliphatic rings. The highest BCUT2D eigenvalue weighted by Crippen LogP contribution is 2.28. The maximum atomic E-state index is 12.6. The summed E-state index contributed by atoms with van der Waals surface area (Å²) in [6, 6.07) is 5.99. The highest BCUT2D eigenvalue weighted by molar-refractivity contribution is 5.71. The lowest BCUT2D eigenvalue weighted by Gasteiger charge is -2.23. The summed E-state index contributed by atoms with van der Waals surface area (Å²) < 4.78 is 7.43. The maximum Gasteiger partial charge on any atom is 0.308 e. The van der Waals surface area contributed by atoms with Crippen molar-refractivity contribution in [2.24, 2.45) is 5.92 Å². The zero-order valence-corrected chi connectivity index (χ0v) is 20.7. The zero-order chi connectivity index (χ0) is 24.1. The first-order valence-electron chi connectivity index (χ1n) is 12.2. The summed E-state index contributed by atoms with van der Waals surface area (Å²) in [6.45, 7) is 7.48. The van der Waals surface area contributed by atoms with Gasteiger partial charge in [0, 0.05) is 36.0 Å². The molecular formula is C27H35N5O2. The molecule has 0 amide bonds. The van der Waals surface area contributed by atoms with Crippen LogP contribution in [-0.2, 0) is 28.8 Å². The molecule has 180 valence electrons. The van der Waals surface area contributed by atoms with E-state index in [-0.39, 0.29) is 18.4 Å². The van der Waals surface area contributed by atoms with Crippen molar-refractivity contribution in [1.82, 2.24) is 24.7 Å². The van der Waals surface area contributed by atoms with Crippen LogP contribution in [0.15, 0.2) is 43.0 Å². The van der Waals surface area contributed by atoms with Crippen molar-refractivity contribution in [2.45, 2.75) is 84.3 Å². The molecule has 0 saturated carbocycles. The van der Waals surface area contributed by atoms with Gasteiger partial charge in [-0.15, -0.1) is 0 Å². The lowest BCUT2D eigenvalue weighted by molar-refractivity contribution is -0.155. The standard InChI is InChI=1S/C27H35N5O2/c1-19-29-17-22(18-30-19)25(16-26(33)34-27(2,3)4)32-14-12-23(31-32)9-5-7-20-10-11-21-8-6-13-28-24(21)15-20/h6,8,12-14,17-18,20,25H,5,7,9-11,15-16H2,1-4H3/t20-,25+/m0/s1. The lowest BCUT2D eigenvalue weighted by atomic mass is 9.84. The second-order valence-electron chi connectivity index (χ2n) is 10.3. The fourth-order valence-corrected chi connectivity index (χ4v) is 4.60. The van der Waals surface area contributed by atoms with E-state index < -0.39 is 5.60 Å². The third kappa shape index (κ3) is 6.49. The number of aromatic nitrogens is 5. The van der Waals surface area contributed by atoms with E-state index in [0.717, 1.165) is 36.9 Å². The van der Waals surface area contributed by atoms with Crippen LogP contribution >= 0.6 is 0 Å². The summed E-state index contributed by atoms with van der Waals surface area (Å²) in [5.41, 5.74) is 4.04. The Bertz CT molecular complexity index is 1100. The topological polar surface area (TPSA) is 82.8 Å². The second-order valence-corrected chi connectivity index (χ2v) is 10.3. The fraction of sp³-hybridized carbons (Fsp3) is 0.519. The molecule has 0 N–H and O–H groups in total. The Kier molecular flexibility index (Phi) is 7.39. The van der Waals surface area contributed by atoms with Crippen molar-refractivity contribution >= 4 is 5.97 Å². The van der Waals surface area contributed by atoms with Crippen molar-refractivity contribution < 1.29 is 9.53 Å². The Balaban J connectivity index is 1.38. The molecule has 3 aromatic heterocycles. The molecule has 3 aromatic rings. The van der Waals surface area contributed by atoms with Crippen molar-refractivity contribution in [1.29, 1.82) is 0 Å². The molecule has 7 nitrogen and oxygen atoms in total. The molecule has 0 spiro atoms. The van der Waals surface area contributed by atoms with Gasteiger partial charge in [-0.2, -0.15) is 5.10 Å². The van der Waals surface area contributed by atoms with Gasteiger partial charge in [-0.3, -0.25) is 14.5 Å². The van der Waals surface area contributed by atoms with Crippen LogP contribution in [0.5, 0.6) is 0 Å². The molecule has 0 saturated heterocycles. The van der Waals surface area contributed by atoms with Gasteiger partial charge < -0.3 is 4.74 Å². The normalized spacial score (nSPS) is 16.6. The number of hydrogen-bond donors (Lipinski definition) is 0. The number of hydrogen-bond acceptors (Lipinski definition) is 6. The van der Waals surface area contributed by atoms with Crippen LogP contribution in [0, 0.1) is 12.8 Å². The number of ether oxygens (including phenoxy) is 1. The Hall–Kier alpha value is -3.09. The van der Waals surface area contributed by atoms with Crippen molar-refractivity contribution in [2.75, 3.05) is 0 Å². The van der Waals surface area contributed by atoms with Gasteiger partial charge in [0.05, 0.1) is 18.2 Å². The minimum atomic E-state index is -0.532. The van der Waals surface area contributed by atoms with Gasteiger partial charge in [-0.25, -0.2) is 9.97 Å². The summed E-state index contributed by atoms with van der Waals surface area (Å²) in [6.07, 6.45) is 14.2. The summed E-state index contributed by atoms with van der Waals surface area (Å²) >= 11 is 0. The summed E-state index contributed by atoms with van der Waals surface area (Å²) in [7, 11) is 0. The van der Waals surface area contributed by atoms with E-state index in [1.165, 1.54) is 24.1 Å². The van der Waals surface area contributed by atoms with Crippen molar-refractivity contribution in [3.05, 3.63) is 71.3 Å². The quantitative estimate of drug-likeness (QED) is 0.447.